The normalized spacial score (nSPS) is 11.1. The van der Waals surface area contributed by atoms with Crippen molar-refractivity contribution >= 4 is 21.6 Å². The molecule has 0 spiro atoms. The third-order valence-corrected chi connectivity index (χ3v) is 5.05. The van der Waals surface area contributed by atoms with E-state index in [0.717, 1.165) is 12.0 Å². The summed E-state index contributed by atoms with van der Waals surface area (Å²) in [6.07, 6.45) is 2.05. The molecule has 0 saturated carbocycles. The van der Waals surface area contributed by atoms with Gasteiger partial charge in [-0.05, 0) is 55.3 Å². The quantitative estimate of drug-likeness (QED) is 0.713. The standard InChI is InChI=1S/C20H26N2O4S/c1-4-14-21-20(23)17-8-6-16(7-9-17)15-22(27(3,24)25)18-10-12-19(13-11-18)26-5-2/h6-13H,4-5,14-15H2,1-3H3,(H,21,23). The van der Waals surface area contributed by atoms with Crippen LogP contribution in [0.2, 0.25) is 0 Å². The Labute approximate surface area is 161 Å². The Morgan fingerprint density at radius 2 is 1.67 bits per heavy atom. The predicted octanol–water partition coefficient (Wildman–Crippen LogP) is 3.19. The van der Waals surface area contributed by atoms with Crippen molar-refractivity contribution in [1.29, 1.82) is 0 Å². The summed E-state index contributed by atoms with van der Waals surface area (Å²) in [5.74, 6) is 0.562. The second-order valence-electron chi connectivity index (χ2n) is 6.15. The number of hydrogen-bond acceptors (Lipinski definition) is 4. The SMILES string of the molecule is CCCNC(=O)c1ccc(CN(c2ccc(OCC)cc2)S(C)(=O)=O)cc1. The van der Waals surface area contributed by atoms with Crippen LogP contribution in [0.3, 0.4) is 0 Å². The molecule has 0 aromatic heterocycles. The third-order valence-electron chi connectivity index (χ3n) is 3.91. The maximum absolute atomic E-state index is 12.3. The highest BCUT2D eigenvalue weighted by Gasteiger charge is 2.18. The molecule has 27 heavy (non-hydrogen) atoms. The first-order valence-electron chi connectivity index (χ1n) is 8.92. The van der Waals surface area contributed by atoms with E-state index < -0.39 is 10.0 Å². The molecule has 1 N–H and O–H groups in total. The number of carbonyl (C=O) groups is 1. The Kier molecular flexibility index (Phi) is 7.24. The summed E-state index contributed by atoms with van der Waals surface area (Å²) in [7, 11) is -3.47. The lowest BCUT2D eigenvalue weighted by molar-refractivity contribution is 0.0953. The molecule has 6 nitrogen and oxygen atoms in total. The molecule has 0 bridgehead atoms. The summed E-state index contributed by atoms with van der Waals surface area (Å²) >= 11 is 0. The minimum Gasteiger partial charge on any atom is -0.494 e. The molecule has 0 radical (unpaired) electrons. The van der Waals surface area contributed by atoms with E-state index in [1.807, 2.05) is 13.8 Å². The van der Waals surface area contributed by atoms with Crippen molar-refractivity contribution in [2.75, 3.05) is 23.7 Å². The van der Waals surface area contributed by atoms with Gasteiger partial charge in [-0.25, -0.2) is 8.42 Å². The van der Waals surface area contributed by atoms with E-state index in [9.17, 15) is 13.2 Å². The third kappa shape index (κ3) is 5.99. The minimum absolute atomic E-state index is 0.130. The molecule has 0 saturated heterocycles. The van der Waals surface area contributed by atoms with Gasteiger partial charge in [0.25, 0.3) is 5.91 Å². The lowest BCUT2D eigenvalue weighted by Crippen LogP contribution is -2.29. The summed E-state index contributed by atoms with van der Waals surface area (Å²) in [4.78, 5) is 12.0. The summed E-state index contributed by atoms with van der Waals surface area (Å²) in [5.41, 5.74) is 1.91. The van der Waals surface area contributed by atoms with Gasteiger partial charge in [0.1, 0.15) is 5.75 Å². The second-order valence-corrected chi connectivity index (χ2v) is 8.06. The van der Waals surface area contributed by atoms with Crippen LogP contribution in [-0.4, -0.2) is 33.7 Å². The van der Waals surface area contributed by atoms with Crippen LogP contribution in [0.25, 0.3) is 0 Å². The Morgan fingerprint density at radius 3 is 2.19 bits per heavy atom. The maximum Gasteiger partial charge on any atom is 0.251 e. The molecule has 0 aliphatic heterocycles. The van der Waals surface area contributed by atoms with E-state index >= 15 is 0 Å². The molecule has 2 rings (SSSR count). The van der Waals surface area contributed by atoms with Gasteiger partial charge in [0.05, 0.1) is 25.1 Å². The first-order chi connectivity index (χ1) is 12.8. The zero-order valence-electron chi connectivity index (χ0n) is 15.9. The van der Waals surface area contributed by atoms with Gasteiger partial charge in [-0.2, -0.15) is 0 Å². The van der Waals surface area contributed by atoms with Gasteiger partial charge in [-0.3, -0.25) is 9.10 Å². The molecule has 2 aromatic rings. The van der Waals surface area contributed by atoms with Crippen LogP contribution in [0, 0.1) is 0 Å². The van der Waals surface area contributed by atoms with Crippen molar-refractivity contribution in [2.24, 2.45) is 0 Å². The largest absolute Gasteiger partial charge is 0.494 e. The van der Waals surface area contributed by atoms with Crippen LogP contribution in [-0.2, 0) is 16.6 Å². The van der Waals surface area contributed by atoms with Crippen molar-refractivity contribution < 1.29 is 17.9 Å². The average Bonchev–Trinajstić information content (AvgIpc) is 2.65. The predicted molar refractivity (Wildman–Crippen MR) is 108 cm³/mol. The van der Waals surface area contributed by atoms with Crippen molar-refractivity contribution in [3.05, 3.63) is 59.7 Å². The second kappa shape index (κ2) is 9.41. The Bertz CT molecular complexity index is 847. The van der Waals surface area contributed by atoms with Crippen molar-refractivity contribution in [3.63, 3.8) is 0 Å². The molecule has 0 atom stereocenters. The van der Waals surface area contributed by atoms with Crippen LogP contribution in [0.5, 0.6) is 5.75 Å². The van der Waals surface area contributed by atoms with Gasteiger partial charge in [0, 0.05) is 12.1 Å². The molecule has 0 fully saturated rings. The van der Waals surface area contributed by atoms with E-state index in [0.29, 0.717) is 30.2 Å². The lowest BCUT2D eigenvalue weighted by Gasteiger charge is -2.23. The topological polar surface area (TPSA) is 75.7 Å². The Hall–Kier alpha value is -2.54. The number of nitrogens with one attached hydrogen (secondary N) is 1. The number of nitrogens with zero attached hydrogens (tertiary/aromatic N) is 1. The van der Waals surface area contributed by atoms with Crippen LogP contribution in [0.15, 0.2) is 48.5 Å². The van der Waals surface area contributed by atoms with Crippen molar-refractivity contribution in [1.82, 2.24) is 5.32 Å². The van der Waals surface area contributed by atoms with Crippen LogP contribution in [0.1, 0.15) is 36.2 Å². The van der Waals surface area contributed by atoms with E-state index in [-0.39, 0.29) is 12.5 Å². The number of hydrogen-bond donors (Lipinski definition) is 1. The molecule has 146 valence electrons. The van der Waals surface area contributed by atoms with Crippen LogP contribution in [0.4, 0.5) is 5.69 Å². The van der Waals surface area contributed by atoms with Crippen molar-refractivity contribution in [2.45, 2.75) is 26.8 Å². The smallest absolute Gasteiger partial charge is 0.251 e. The highest BCUT2D eigenvalue weighted by molar-refractivity contribution is 7.92. The monoisotopic (exact) mass is 390 g/mol. The van der Waals surface area contributed by atoms with E-state index in [1.54, 1.807) is 48.5 Å². The Balaban J connectivity index is 2.18. The average molecular weight is 391 g/mol. The zero-order chi connectivity index (χ0) is 19.9. The number of rotatable bonds is 9. The molecule has 0 heterocycles. The van der Waals surface area contributed by atoms with E-state index in [1.165, 1.54) is 10.6 Å². The fourth-order valence-corrected chi connectivity index (χ4v) is 3.43. The van der Waals surface area contributed by atoms with Crippen LogP contribution < -0.4 is 14.4 Å². The molecule has 7 heteroatoms. The molecule has 0 unspecified atom stereocenters. The van der Waals surface area contributed by atoms with Gasteiger partial charge in [0.15, 0.2) is 0 Å². The highest BCUT2D eigenvalue weighted by Crippen LogP contribution is 2.24. The lowest BCUT2D eigenvalue weighted by atomic mass is 10.1. The number of amides is 1. The molecule has 2 aromatic carbocycles. The Morgan fingerprint density at radius 1 is 1.04 bits per heavy atom. The molecule has 0 aliphatic rings. The fourth-order valence-electron chi connectivity index (χ4n) is 2.54. The minimum atomic E-state index is -3.47. The molecule has 1 amide bonds. The number of benzene rings is 2. The highest BCUT2D eigenvalue weighted by atomic mass is 32.2. The summed E-state index contributed by atoms with van der Waals surface area (Å²) < 4.78 is 31.3. The number of anilines is 1. The van der Waals surface area contributed by atoms with Crippen molar-refractivity contribution in [3.8, 4) is 5.75 Å². The first-order valence-corrected chi connectivity index (χ1v) is 10.8. The molecule has 0 aliphatic carbocycles. The number of sulfonamides is 1. The summed E-state index contributed by atoms with van der Waals surface area (Å²) in [6, 6.07) is 13.9. The number of ether oxygens (including phenoxy) is 1. The van der Waals surface area contributed by atoms with E-state index in [2.05, 4.69) is 5.32 Å². The van der Waals surface area contributed by atoms with Gasteiger partial charge < -0.3 is 10.1 Å². The zero-order valence-corrected chi connectivity index (χ0v) is 16.8. The molecular weight excluding hydrogens is 364 g/mol. The summed E-state index contributed by atoms with van der Waals surface area (Å²) in [5, 5.41) is 2.82. The maximum atomic E-state index is 12.3. The van der Waals surface area contributed by atoms with E-state index in [4.69, 9.17) is 4.74 Å². The van der Waals surface area contributed by atoms with Crippen LogP contribution >= 0.6 is 0 Å². The van der Waals surface area contributed by atoms with Gasteiger partial charge >= 0.3 is 0 Å². The fraction of sp³-hybridized carbons (Fsp3) is 0.350. The van der Waals surface area contributed by atoms with Gasteiger partial charge in [-0.15, -0.1) is 0 Å². The molecular formula is C20H26N2O4S. The summed E-state index contributed by atoms with van der Waals surface area (Å²) in [6.45, 7) is 5.24. The first kappa shape index (κ1) is 20.8. The van der Waals surface area contributed by atoms with Gasteiger partial charge in [0.2, 0.25) is 10.0 Å². The number of carbonyl (C=O) groups excluding carboxylic acids is 1. The van der Waals surface area contributed by atoms with Gasteiger partial charge in [-0.1, -0.05) is 19.1 Å².